The molecule has 0 spiro atoms. The van der Waals surface area contributed by atoms with Crippen LogP contribution < -0.4 is 4.74 Å². The molecule has 5 rings (SSSR count). The first kappa shape index (κ1) is 30.2. The van der Waals surface area contributed by atoms with E-state index in [-0.39, 0.29) is 18.1 Å². The molecule has 0 bridgehead atoms. The number of likely N-dealkylation sites (tertiary alicyclic amines) is 1. The van der Waals surface area contributed by atoms with Crippen LogP contribution in [0, 0.1) is 5.92 Å². The number of carbonyl (C=O) groups is 1. The Morgan fingerprint density at radius 1 is 1.10 bits per heavy atom. The van der Waals surface area contributed by atoms with Gasteiger partial charge in [-0.1, -0.05) is 10.4 Å². The summed E-state index contributed by atoms with van der Waals surface area (Å²) >= 11 is 0. The number of piperidine rings is 1. The molecule has 1 amide bonds. The fourth-order valence-corrected chi connectivity index (χ4v) is 5.80. The van der Waals surface area contributed by atoms with Crippen LogP contribution in [0.1, 0.15) is 52.5 Å². The van der Waals surface area contributed by atoms with E-state index in [2.05, 4.69) is 15.5 Å². The highest BCUT2D eigenvalue weighted by molar-refractivity contribution is 5.88. The molecule has 230 valence electrons. The first-order valence-corrected chi connectivity index (χ1v) is 14.5. The summed E-state index contributed by atoms with van der Waals surface area (Å²) in [7, 11) is 1.59. The summed E-state index contributed by atoms with van der Waals surface area (Å²) in [4.78, 5) is 19.9. The third kappa shape index (κ3) is 6.69. The number of carbonyl (C=O) groups excluding carboxylic acids is 1. The molecule has 0 saturated carbocycles. The van der Waals surface area contributed by atoms with Crippen molar-refractivity contribution >= 4 is 11.8 Å². The van der Waals surface area contributed by atoms with E-state index in [1.165, 1.54) is 4.68 Å². The Kier molecular flexibility index (Phi) is 9.02. The van der Waals surface area contributed by atoms with Crippen LogP contribution in [0.2, 0.25) is 0 Å². The zero-order valence-corrected chi connectivity index (χ0v) is 24.5. The predicted molar refractivity (Wildman–Crippen MR) is 151 cm³/mol. The summed E-state index contributed by atoms with van der Waals surface area (Å²) in [5.74, 6) is 0.903. The number of aliphatic hydroxyl groups is 3. The maximum Gasteiger partial charge on any atom is 0.410 e. The van der Waals surface area contributed by atoms with Crippen LogP contribution in [-0.2, 0) is 14.3 Å². The molecule has 2 fully saturated rings. The second-order valence-corrected chi connectivity index (χ2v) is 12.2. The third-order valence-electron chi connectivity index (χ3n) is 8.06. The molecule has 1 unspecified atom stereocenters. The molecule has 13 heteroatoms. The third-order valence-corrected chi connectivity index (χ3v) is 8.06. The van der Waals surface area contributed by atoms with Crippen LogP contribution in [0.15, 0.2) is 35.6 Å². The van der Waals surface area contributed by atoms with Crippen molar-refractivity contribution in [2.75, 3.05) is 26.8 Å². The monoisotopic (exact) mass is 587 g/mol. The average molecular weight is 588 g/mol. The Labute approximate surface area is 245 Å². The number of methoxy groups -OCH3 is 1. The highest BCUT2D eigenvalue weighted by atomic mass is 16.6. The predicted octanol–water partition coefficient (Wildman–Crippen LogP) is 2.16. The Morgan fingerprint density at radius 3 is 2.43 bits per heavy atom. The van der Waals surface area contributed by atoms with E-state index in [0.717, 1.165) is 24.1 Å². The number of oxime groups is 1. The number of benzene rings is 1. The number of hydrogen-bond acceptors (Lipinski definition) is 11. The highest BCUT2D eigenvalue weighted by Crippen LogP contribution is 2.35. The maximum absolute atomic E-state index is 12.4. The van der Waals surface area contributed by atoms with Gasteiger partial charge in [0.1, 0.15) is 47.5 Å². The SMILES string of the molecule is COc1ccc(-c2cn([C@H]3[C@@H](O)[C@@H](CO)O[C@H](CC4CC(C5CCN(C(=O)OC(C)(C)C)CC5)=NO4)[C@@H]3O)nn2)cc1. The number of aromatic nitrogens is 3. The first-order valence-electron chi connectivity index (χ1n) is 14.5. The molecule has 6 atom stereocenters. The molecule has 0 aliphatic carbocycles. The second-order valence-electron chi connectivity index (χ2n) is 12.2. The van der Waals surface area contributed by atoms with Gasteiger partial charge in [-0.2, -0.15) is 0 Å². The fraction of sp³-hybridized carbons (Fsp3) is 0.655. The van der Waals surface area contributed by atoms with Gasteiger partial charge in [0.25, 0.3) is 0 Å². The lowest BCUT2D eigenvalue weighted by Gasteiger charge is -2.42. The van der Waals surface area contributed by atoms with Gasteiger partial charge in [0.2, 0.25) is 0 Å². The van der Waals surface area contributed by atoms with E-state index < -0.39 is 42.7 Å². The zero-order valence-electron chi connectivity index (χ0n) is 24.5. The standard InChI is InChI=1S/C29H41N5O8/c1-29(2,3)41-28(38)33-11-9-18(10-12-33)21-13-20(42-31-21)14-23-26(36)25(27(37)24(16-35)40-23)34-15-22(30-32-34)17-5-7-19(39-4)8-6-17/h5-8,15,18,20,23-27,35-37H,9-14,16H2,1-4H3/t20?,23-,24-,25-,26+,27+/m1/s1. The molecular formula is C29H41N5O8. The Hall–Kier alpha value is -3.26. The van der Waals surface area contributed by atoms with Crippen LogP contribution in [-0.4, -0.2) is 110 Å². The zero-order chi connectivity index (χ0) is 30.0. The number of rotatable bonds is 7. The smallest absolute Gasteiger partial charge is 0.410 e. The van der Waals surface area contributed by atoms with Gasteiger partial charge in [-0.25, -0.2) is 9.48 Å². The van der Waals surface area contributed by atoms with Gasteiger partial charge in [-0.15, -0.1) is 5.10 Å². The minimum Gasteiger partial charge on any atom is -0.497 e. The van der Waals surface area contributed by atoms with Crippen LogP contribution in [0.25, 0.3) is 11.3 Å². The van der Waals surface area contributed by atoms with E-state index in [4.69, 9.17) is 19.0 Å². The van der Waals surface area contributed by atoms with Gasteiger partial charge in [-0.3, -0.25) is 0 Å². The van der Waals surface area contributed by atoms with Gasteiger partial charge >= 0.3 is 6.09 Å². The summed E-state index contributed by atoms with van der Waals surface area (Å²) < 4.78 is 18.1. The minimum absolute atomic E-state index is 0.192. The number of aliphatic hydroxyl groups excluding tert-OH is 3. The summed E-state index contributed by atoms with van der Waals surface area (Å²) in [6.45, 7) is 6.31. The largest absolute Gasteiger partial charge is 0.497 e. The second kappa shape index (κ2) is 12.5. The van der Waals surface area contributed by atoms with Crippen LogP contribution in [0.3, 0.4) is 0 Å². The topological polar surface area (TPSA) is 161 Å². The van der Waals surface area contributed by atoms with Crippen molar-refractivity contribution in [3.63, 3.8) is 0 Å². The van der Waals surface area contributed by atoms with Crippen molar-refractivity contribution < 1.29 is 39.2 Å². The lowest BCUT2D eigenvalue weighted by atomic mass is 9.86. The molecule has 1 aromatic heterocycles. The van der Waals surface area contributed by atoms with Gasteiger partial charge < -0.3 is 39.3 Å². The number of amides is 1. The quantitative estimate of drug-likeness (QED) is 0.438. The maximum atomic E-state index is 12.4. The minimum atomic E-state index is -1.21. The Balaban J connectivity index is 1.19. The molecule has 2 saturated heterocycles. The van der Waals surface area contributed by atoms with Crippen molar-refractivity contribution in [3.8, 4) is 17.0 Å². The fourth-order valence-electron chi connectivity index (χ4n) is 5.80. The normalized spacial score (nSPS) is 28.7. The van der Waals surface area contributed by atoms with Crippen LogP contribution in [0.4, 0.5) is 4.79 Å². The van der Waals surface area contributed by atoms with E-state index in [9.17, 15) is 20.1 Å². The van der Waals surface area contributed by atoms with Crippen molar-refractivity contribution in [1.29, 1.82) is 0 Å². The molecule has 4 heterocycles. The van der Waals surface area contributed by atoms with Gasteiger partial charge in [0, 0.05) is 37.4 Å². The molecule has 2 aromatic rings. The Bertz CT molecular complexity index is 1240. The lowest BCUT2D eigenvalue weighted by Crippen LogP contribution is -2.56. The van der Waals surface area contributed by atoms with Crippen molar-refractivity contribution in [1.82, 2.24) is 19.9 Å². The molecule has 13 nitrogen and oxygen atoms in total. The lowest BCUT2D eigenvalue weighted by molar-refractivity contribution is -0.212. The molecule has 42 heavy (non-hydrogen) atoms. The van der Waals surface area contributed by atoms with Crippen LogP contribution in [0.5, 0.6) is 5.75 Å². The van der Waals surface area contributed by atoms with Gasteiger partial charge in [-0.05, 0) is 57.9 Å². The molecule has 1 aromatic carbocycles. The number of nitrogens with zero attached hydrogens (tertiary/aromatic N) is 5. The molecule has 0 radical (unpaired) electrons. The van der Waals surface area contributed by atoms with Crippen molar-refractivity contribution in [2.24, 2.45) is 11.1 Å². The average Bonchev–Trinajstić information content (AvgIpc) is 3.64. The molecule has 3 aliphatic heterocycles. The summed E-state index contributed by atoms with van der Waals surface area (Å²) in [6, 6.07) is 6.43. The van der Waals surface area contributed by atoms with E-state index in [1.54, 1.807) is 18.2 Å². The first-order chi connectivity index (χ1) is 20.1. The van der Waals surface area contributed by atoms with E-state index in [1.807, 2.05) is 45.0 Å². The van der Waals surface area contributed by atoms with E-state index in [0.29, 0.717) is 37.4 Å². The molecule has 3 aliphatic rings. The van der Waals surface area contributed by atoms with Crippen molar-refractivity contribution in [2.45, 2.75) is 88.6 Å². The number of hydrogen-bond donors (Lipinski definition) is 3. The van der Waals surface area contributed by atoms with Crippen LogP contribution >= 0.6 is 0 Å². The van der Waals surface area contributed by atoms with Crippen molar-refractivity contribution in [3.05, 3.63) is 30.5 Å². The molecule has 3 N–H and O–H groups in total. The summed E-state index contributed by atoms with van der Waals surface area (Å²) in [5, 5.41) is 45.0. The van der Waals surface area contributed by atoms with Gasteiger partial charge in [0.05, 0.1) is 31.7 Å². The highest BCUT2D eigenvalue weighted by Gasteiger charge is 2.47. The summed E-state index contributed by atoms with van der Waals surface area (Å²) in [5.41, 5.74) is 1.77. The van der Waals surface area contributed by atoms with Gasteiger partial charge in [0.15, 0.2) is 0 Å². The number of ether oxygens (including phenoxy) is 3. The summed E-state index contributed by atoms with van der Waals surface area (Å²) in [6.07, 6.45) is -0.566. The molecular weight excluding hydrogens is 546 g/mol. The Morgan fingerprint density at radius 2 is 1.79 bits per heavy atom. The van der Waals surface area contributed by atoms with E-state index >= 15 is 0 Å².